The van der Waals surface area contributed by atoms with Crippen molar-refractivity contribution in [1.29, 1.82) is 0 Å². The number of rotatable bonds is 3. The average molecular weight is 631 g/mol. The van der Waals surface area contributed by atoms with Gasteiger partial charge in [0.2, 0.25) is 0 Å². The minimum absolute atomic E-state index is 0.486. The van der Waals surface area contributed by atoms with Gasteiger partial charge in [-0.15, -0.1) is 0 Å². The van der Waals surface area contributed by atoms with Gasteiger partial charge in [0.1, 0.15) is 11.2 Å². The number of nitrogens with zero attached hydrogens (tertiary/aromatic N) is 3. The predicted molar refractivity (Wildman–Crippen MR) is 203 cm³/mol. The maximum absolute atomic E-state index is 6.40. The van der Waals surface area contributed by atoms with Crippen LogP contribution in [0.2, 0.25) is 0 Å². The molecule has 0 aliphatic carbocycles. The fourth-order valence-corrected chi connectivity index (χ4v) is 8.40. The van der Waals surface area contributed by atoms with Crippen molar-refractivity contribution < 1.29 is 4.42 Å². The van der Waals surface area contributed by atoms with Crippen molar-refractivity contribution in [2.45, 2.75) is 12.7 Å². The maximum Gasteiger partial charge on any atom is 0.195 e. The van der Waals surface area contributed by atoms with Crippen LogP contribution in [0.25, 0.3) is 60.6 Å². The maximum atomic E-state index is 6.40. The van der Waals surface area contributed by atoms with Crippen LogP contribution in [0.15, 0.2) is 162 Å². The first-order valence-corrected chi connectivity index (χ1v) is 16.8. The molecule has 9 aromatic rings. The summed E-state index contributed by atoms with van der Waals surface area (Å²) in [7, 11) is 0. The van der Waals surface area contributed by atoms with E-state index in [0.29, 0.717) is 0 Å². The summed E-state index contributed by atoms with van der Waals surface area (Å²) in [6, 6.07) is 56.5. The number of nitrogens with one attached hydrogen (secondary N) is 1. The van der Waals surface area contributed by atoms with Gasteiger partial charge in [-0.2, -0.15) is 0 Å². The summed E-state index contributed by atoms with van der Waals surface area (Å²) in [5.74, 6) is -0.486. The van der Waals surface area contributed by atoms with Gasteiger partial charge in [0.05, 0.1) is 33.8 Å². The number of hydrogen-bond donors (Lipinski definition) is 1. The van der Waals surface area contributed by atoms with E-state index in [1.165, 1.54) is 38.9 Å². The third-order valence-corrected chi connectivity index (χ3v) is 10.5. The van der Waals surface area contributed by atoms with Crippen molar-refractivity contribution in [3.05, 3.63) is 158 Å². The summed E-state index contributed by atoms with van der Waals surface area (Å²) in [6.07, 6.45) is 0. The Morgan fingerprint density at radius 2 is 1.10 bits per heavy atom. The van der Waals surface area contributed by atoms with Crippen molar-refractivity contribution in [1.82, 2.24) is 4.57 Å². The van der Waals surface area contributed by atoms with Crippen LogP contribution in [-0.4, -0.2) is 10.4 Å². The molecule has 0 fully saturated rings. The number of anilines is 5. The number of aromatic nitrogens is 1. The highest BCUT2D eigenvalue weighted by Gasteiger charge is 2.52. The molecule has 0 spiro atoms. The van der Waals surface area contributed by atoms with E-state index in [1.54, 1.807) is 0 Å². The van der Waals surface area contributed by atoms with Gasteiger partial charge < -0.3 is 14.3 Å². The molecule has 4 heterocycles. The molecule has 1 atom stereocenters. The standard InChI is InChI=1S/C44H30N4O/c1-44-45-36-15-7-10-18-39(36)48(44)41-26-29(19-22-40(41)47(44)30-11-3-2-4-12-30)28-20-23-42-34(25-28)35-27-31(21-24-43(35)49-42)46-37-16-8-5-13-32(37)33-14-6-9-17-38(33)46/h2-27,45H,1H3. The number of benzene rings is 7. The third kappa shape index (κ3) is 3.59. The average Bonchev–Trinajstić information content (AvgIpc) is 3.84. The molecule has 0 saturated heterocycles. The van der Waals surface area contributed by atoms with E-state index in [1.807, 2.05) is 0 Å². The molecule has 5 nitrogen and oxygen atoms in total. The number of fused-ring (bicyclic) bond motifs is 11. The zero-order chi connectivity index (χ0) is 32.3. The van der Waals surface area contributed by atoms with Crippen LogP contribution in [0.5, 0.6) is 0 Å². The van der Waals surface area contributed by atoms with Crippen molar-refractivity contribution in [3.8, 4) is 16.8 Å². The monoisotopic (exact) mass is 630 g/mol. The van der Waals surface area contributed by atoms with E-state index in [9.17, 15) is 0 Å². The molecule has 1 N–H and O–H groups in total. The largest absolute Gasteiger partial charge is 0.456 e. The van der Waals surface area contributed by atoms with E-state index < -0.39 is 5.79 Å². The summed E-state index contributed by atoms with van der Waals surface area (Å²) in [5.41, 5.74) is 13.4. The molecular formula is C44H30N4O. The molecule has 49 heavy (non-hydrogen) atoms. The first-order chi connectivity index (χ1) is 24.2. The Labute approximate surface area is 282 Å². The predicted octanol–water partition coefficient (Wildman–Crippen LogP) is 11.7. The second-order valence-electron chi connectivity index (χ2n) is 13.2. The summed E-state index contributed by atoms with van der Waals surface area (Å²) < 4.78 is 8.77. The highest BCUT2D eigenvalue weighted by atomic mass is 16.3. The topological polar surface area (TPSA) is 36.6 Å². The molecule has 0 saturated carbocycles. The van der Waals surface area contributed by atoms with E-state index in [-0.39, 0.29) is 0 Å². The highest BCUT2D eigenvalue weighted by Crippen LogP contribution is 2.58. The van der Waals surface area contributed by atoms with Gasteiger partial charge in [-0.25, -0.2) is 0 Å². The quantitative estimate of drug-likeness (QED) is 0.211. The van der Waals surface area contributed by atoms with Gasteiger partial charge in [-0.1, -0.05) is 78.9 Å². The van der Waals surface area contributed by atoms with E-state index in [4.69, 9.17) is 4.42 Å². The first-order valence-electron chi connectivity index (χ1n) is 16.8. The van der Waals surface area contributed by atoms with Crippen LogP contribution in [0, 0.1) is 0 Å². The first kappa shape index (κ1) is 26.6. The molecule has 7 aromatic carbocycles. The summed E-state index contributed by atoms with van der Waals surface area (Å²) in [5, 5.41) is 8.58. The van der Waals surface area contributed by atoms with Crippen molar-refractivity contribution in [3.63, 3.8) is 0 Å². The second-order valence-corrected chi connectivity index (χ2v) is 13.2. The SMILES string of the molecule is CC12Nc3ccccc3N1c1cc(-c3ccc4oc5ccc(-n6c7ccccc7c7ccccc76)cc5c4c3)ccc1N2c1ccccc1. The van der Waals surface area contributed by atoms with Crippen LogP contribution in [0.1, 0.15) is 6.92 Å². The van der Waals surface area contributed by atoms with Crippen molar-refractivity contribution in [2.75, 3.05) is 15.1 Å². The Bertz CT molecular complexity index is 2740. The third-order valence-electron chi connectivity index (χ3n) is 10.5. The Morgan fingerprint density at radius 3 is 1.90 bits per heavy atom. The Kier molecular flexibility index (Phi) is 5.18. The van der Waals surface area contributed by atoms with Crippen LogP contribution >= 0.6 is 0 Å². The molecule has 2 aliphatic heterocycles. The highest BCUT2D eigenvalue weighted by molar-refractivity contribution is 6.11. The molecule has 2 aliphatic rings. The minimum Gasteiger partial charge on any atom is -0.456 e. The fourth-order valence-electron chi connectivity index (χ4n) is 8.40. The van der Waals surface area contributed by atoms with Crippen molar-refractivity contribution in [2.24, 2.45) is 0 Å². The van der Waals surface area contributed by atoms with E-state index in [2.05, 4.69) is 184 Å². The molecular weight excluding hydrogens is 601 g/mol. The number of hydrogen-bond acceptors (Lipinski definition) is 4. The van der Waals surface area contributed by atoms with E-state index in [0.717, 1.165) is 50.1 Å². The second kappa shape index (κ2) is 9.55. The van der Waals surface area contributed by atoms with Crippen LogP contribution in [0.4, 0.5) is 28.4 Å². The molecule has 0 radical (unpaired) electrons. The Morgan fingerprint density at radius 1 is 0.469 bits per heavy atom. The zero-order valence-electron chi connectivity index (χ0n) is 26.8. The Balaban J connectivity index is 1.08. The van der Waals surface area contributed by atoms with Crippen LogP contribution < -0.4 is 15.1 Å². The lowest BCUT2D eigenvalue weighted by atomic mass is 10.0. The molecule has 11 rings (SSSR count). The molecule has 1 unspecified atom stereocenters. The van der Waals surface area contributed by atoms with Gasteiger partial charge in [-0.3, -0.25) is 9.80 Å². The number of para-hydroxylation sites is 5. The minimum atomic E-state index is -0.486. The van der Waals surface area contributed by atoms with Crippen molar-refractivity contribution >= 4 is 72.2 Å². The van der Waals surface area contributed by atoms with Gasteiger partial charge in [0.25, 0.3) is 0 Å². The fraction of sp³-hybridized carbons (Fsp3) is 0.0455. The van der Waals surface area contributed by atoms with Gasteiger partial charge in [-0.05, 0) is 96.9 Å². The molecule has 232 valence electrons. The van der Waals surface area contributed by atoms with Gasteiger partial charge in [0, 0.05) is 32.9 Å². The lowest BCUT2D eigenvalue weighted by molar-refractivity contribution is 0.578. The summed E-state index contributed by atoms with van der Waals surface area (Å²) in [4.78, 5) is 4.85. The molecule has 0 amide bonds. The molecule has 0 bridgehead atoms. The smallest absolute Gasteiger partial charge is 0.195 e. The number of furan rings is 1. The van der Waals surface area contributed by atoms with Gasteiger partial charge in [0.15, 0.2) is 5.79 Å². The van der Waals surface area contributed by atoms with Crippen LogP contribution in [0.3, 0.4) is 0 Å². The normalized spacial score (nSPS) is 16.4. The summed E-state index contributed by atoms with van der Waals surface area (Å²) in [6.45, 7) is 2.26. The lowest BCUT2D eigenvalue weighted by Gasteiger charge is -2.38. The molecule has 5 heteroatoms. The van der Waals surface area contributed by atoms with Gasteiger partial charge >= 0.3 is 0 Å². The van der Waals surface area contributed by atoms with E-state index >= 15 is 0 Å². The zero-order valence-corrected chi connectivity index (χ0v) is 26.8. The lowest BCUT2D eigenvalue weighted by Crippen LogP contribution is -2.53. The van der Waals surface area contributed by atoms with Crippen LogP contribution in [-0.2, 0) is 0 Å². The summed E-state index contributed by atoms with van der Waals surface area (Å²) >= 11 is 0. The Hall–Kier alpha value is -6.46. The molecule has 2 aromatic heterocycles.